The molecule has 7 rings (SSSR count). The number of halogens is 1. The molecule has 0 bridgehead atoms. The lowest BCUT2D eigenvalue weighted by molar-refractivity contribution is 0.474. The maximum atomic E-state index is 10.3. The molecule has 0 unspecified atom stereocenters. The number of aromatic hydroxyl groups is 1. The van der Waals surface area contributed by atoms with Gasteiger partial charge in [0.1, 0.15) is 10.8 Å². The van der Waals surface area contributed by atoms with Crippen molar-refractivity contribution in [1.29, 1.82) is 5.26 Å². The molecule has 7 aromatic rings. The lowest BCUT2D eigenvalue weighted by atomic mass is 9.96. The number of aromatic nitrogens is 1. The van der Waals surface area contributed by atoms with Crippen molar-refractivity contribution in [3.63, 3.8) is 0 Å². The molecule has 6 aromatic carbocycles. The van der Waals surface area contributed by atoms with E-state index in [4.69, 9.17) is 15.2 Å². The summed E-state index contributed by atoms with van der Waals surface area (Å²) in [6.45, 7) is 0. The molecule has 4 nitrogen and oxygen atoms in total. The molecule has 0 spiro atoms. The zero-order valence-electron chi connectivity index (χ0n) is 23.9. The van der Waals surface area contributed by atoms with Crippen molar-refractivity contribution in [3.05, 3.63) is 148 Å². The van der Waals surface area contributed by atoms with Gasteiger partial charge in [0.15, 0.2) is 0 Å². The lowest BCUT2D eigenvalue weighted by Crippen LogP contribution is -1.86. The molecule has 1 heterocycles. The van der Waals surface area contributed by atoms with Crippen LogP contribution in [0, 0.1) is 14.9 Å². The minimum atomic E-state index is 0.196. The van der Waals surface area contributed by atoms with E-state index in [2.05, 4.69) is 89.3 Å². The van der Waals surface area contributed by atoms with Crippen molar-refractivity contribution in [2.45, 2.75) is 0 Å². The molecule has 0 saturated heterocycles. The molecule has 0 radical (unpaired) electrons. The predicted octanol–water partition coefficient (Wildman–Crippen LogP) is 10.9. The third-order valence-corrected chi connectivity index (χ3v) is 9.32. The van der Waals surface area contributed by atoms with Gasteiger partial charge in [0, 0.05) is 26.5 Å². The topological polar surface area (TPSA) is 69.3 Å². The Labute approximate surface area is 278 Å². The highest BCUT2D eigenvalue weighted by Crippen LogP contribution is 2.41. The van der Waals surface area contributed by atoms with Crippen LogP contribution in [0.15, 0.2) is 138 Å². The summed E-state index contributed by atoms with van der Waals surface area (Å²) in [6.07, 6.45) is 1.71. The van der Waals surface area contributed by atoms with Crippen LogP contribution in [0.4, 0.5) is 5.69 Å². The highest BCUT2D eigenvalue weighted by molar-refractivity contribution is 14.1. The summed E-state index contributed by atoms with van der Waals surface area (Å²) in [5.74, 6) is 0.196. The second-order valence-corrected chi connectivity index (χ2v) is 12.8. The van der Waals surface area contributed by atoms with Crippen LogP contribution in [0.2, 0.25) is 0 Å². The Hall–Kier alpha value is -5.10. The number of hydrogen-bond donors (Lipinski definition) is 1. The van der Waals surface area contributed by atoms with Crippen molar-refractivity contribution in [3.8, 4) is 55.8 Å². The number of phenolic OH excluding ortho intramolecular Hbond substituents is 1. The van der Waals surface area contributed by atoms with Crippen LogP contribution in [-0.4, -0.2) is 16.3 Å². The van der Waals surface area contributed by atoms with Crippen molar-refractivity contribution in [2.75, 3.05) is 0 Å². The molecular weight excluding hydrogens is 685 g/mol. The quantitative estimate of drug-likeness (QED) is 0.138. The van der Waals surface area contributed by atoms with E-state index in [9.17, 15) is 5.11 Å². The Morgan fingerprint density at radius 2 is 1.36 bits per heavy atom. The molecule has 0 aliphatic heterocycles. The molecule has 1 N–H and O–H groups in total. The molecule has 6 heteroatoms. The van der Waals surface area contributed by atoms with Crippen LogP contribution >= 0.6 is 33.9 Å². The lowest BCUT2D eigenvalue weighted by Gasteiger charge is -2.09. The molecule has 0 saturated carbocycles. The van der Waals surface area contributed by atoms with Crippen LogP contribution in [0.1, 0.15) is 11.1 Å². The van der Waals surface area contributed by atoms with Gasteiger partial charge in [-0.1, -0.05) is 78.9 Å². The number of nitriles is 1. The Morgan fingerprint density at radius 1 is 0.689 bits per heavy atom. The number of fused-ring (bicyclic) bond motifs is 1. The van der Waals surface area contributed by atoms with Crippen LogP contribution in [0.25, 0.3) is 54.2 Å². The van der Waals surface area contributed by atoms with E-state index in [1.807, 2.05) is 66.7 Å². The maximum absolute atomic E-state index is 10.3. The summed E-state index contributed by atoms with van der Waals surface area (Å²) in [6, 6.07) is 46.7. The summed E-state index contributed by atoms with van der Waals surface area (Å²) >= 11 is 3.88. The fourth-order valence-corrected chi connectivity index (χ4v) is 6.86. The van der Waals surface area contributed by atoms with Gasteiger partial charge in [-0.25, -0.2) is 4.98 Å². The summed E-state index contributed by atoms with van der Waals surface area (Å²) in [5.41, 5.74) is 10.6. The second kappa shape index (κ2) is 12.5. The zero-order chi connectivity index (χ0) is 30.8. The number of hydrogen-bond acceptors (Lipinski definition) is 5. The summed E-state index contributed by atoms with van der Waals surface area (Å²) in [5, 5.41) is 20.4. The molecule has 0 amide bonds. The fourth-order valence-electron chi connectivity index (χ4n) is 5.28. The van der Waals surface area contributed by atoms with E-state index in [1.165, 1.54) is 0 Å². The van der Waals surface area contributed by atoms with Crippen LogP contribution < -0.4 is 0 Å². The monoisotopic (exact) mass is 709 g/mol. The number of rotatable bonds is 6. The minimum Gasteiger partial charge on any atom is -0.507 e. The molecule has 45 heavy (non-hydrogen) atoms. The van der Waals surface area contributed by atoms with Gasteiger partial charge in [0.2, 0.25) is 0 Å². The standard InChI is InChI=1S/C39H24IN3OS/c40-32-18-19-36(44)31(20-32)24-42-35-9-5-4-8-33(35)39-43-38-34(29-6-2-1-3-7-29)21-30(22-37(38)45-39)28-16-14-27(15-17-28)26-12-10-25(23-41)11-13-26/h1-22,24,44H/b42-24+. The molecule has 0 aliphatic carbocycles. The van der Waals surface area contributed by atoms with E-state index < -0.39 is 0 Å². The highest BCUT2D eigenvalue weighted by atomic mass is 127. The van der Waals surface area contributed by atoms with E-state index in [0.29, 0.717) is 11.1 Å². The van der Waals surface area contributed by atoms with Gasteiger partial charge in [-0.2, -0.15) is 5.26 Å². The first-order valence-electron chi connectivity index (χ1n) is 14.3. The van der Waals surface area contributed by atoms with Crippen molar-refractivity contribution >= 4 is 56.0 Å². The van der Waals surface area contributed by atoms with Crippen LogP contribution in [-0.2, 0) is 0 Å². The predicted molar refractivity (Wildman–Crippen MR) is 194 cm³/mol. The van der Waals surface area contributed by atoms with Gasteiger partial charge in [-0.3, -0.25) is 4.99 Å². The Morgan fingerprint density at radius 3 is 2.09 bits per heavy atom. The third-order valence-electron chi connectivity index (χ3n) is 7.61. The first-order chi connectivity index (χ1) is 22.1. The van der Waals surface area contributed by atoms with Gasteiger partial charge in [-0.05, 0) is 105 Å². The van der Waals surface area contributed by atoms with E-state index in [-0.39, 0.29) is 5.75 Å². The van der Waals surface area contributed by atoms with Crippen molar-refractivity contribution in [2.24, 2.45) is 4.99 Å². The number of benzene rings is 6. The van der Waals surface area contributed by atoms with Crippen LogP contribution in [0.3, 0.4) is 0 Å². The maximum Gasteiger partial charge on any atom is 0.126 e. The summed E-state index contributed by atoms with van der Waals surface area (Å²) in [4.78, 5) is 9.96. The largest absolute Gasteiger partial charge is 0.507 e. The number of nitrogens with zero attached hydrogens (tertiary/aromatic N) is 3. The molecule has 0 fully saturated rings. The average Bonchev–Trinajstić information content (AvgIpc) is 3.53. The number of thiazole rings is 1. The minimum absolute atomic E-state index is 0.196. The Bertz CT molecular complexity index is 2230. The second-order valence-electron chi connectivity index (χ2n) is 10.5. The van der Waals surface area contributed by atoms with E-state index in [1.54, 1.807) is 23.6 Å². The van der Waals surface area contributed by atoms with Crippen molar-refractivity contribution in [1.82, 2.24) is 4.98 Å². The fraction of sp³-hybridized carbons (Fsp3) is 0. The number of phenols is 1. The highest BCUT2D eigenvalue weighted by Gasteiger charge is 2.16. The third kappa shape index (κ3) is 6.01. The Kier molecular flexibility index (Phi) is 7.95. The molecule has 0 aliphatic rings. The molecule has 1 aromatic heterocycles. The normalized spacial score (nSPS) is 11.2. The van der Waals surface area contributed by atoms with Gasteiger partial charge in [-0.15, -0.1) is 11.3 Å². The Balaban J connectivity index is 1.31. The van der Waals surface area contributed by atoms with Gasteiger partial charge in [0.25, 0.3) is 0 Å². The smallest absolute Gasteiger partial charge is 0.126 e. The van der Waals surface area contributed by atoms with Gasteiger partial charge >= 0.3 is 0 Å². The number of para-hydroxylation sites is 1. The van der Waals surface area contributed by atoms with E-state index >= 15 is 0 Å². The van der Waals surface area contributed by atoms with Gasteiger partial charge in [0.05, 0.1) is 27.5 Å². The first-order valence-corrected chi connectivity index (χ1v) is 16.2. The molecule has 0 atom stereocenters. The average molecular weight is 710 g/mol. The number of aliphatic imine (C=N–C) groups is 1. The summed E-state index contributed by atoms with van der Waals surface area (Å²) < 4.78 is 2.12. The summed E-state index contributed by atoms with van der Waals surface area (Å²) in [7, 11) is 0. The molecular formula is C39H24IN3OS. The first kappa shape index (κ1) is 28.7. The van der Waals surface area contributed by atoms with Crippen molar-refractivity contribution < 1.29 is 5.11 Å². The SMILES string of the molecule is N#Cc1ccc(-c2ccc(-c3cc(-c4ccccc4)c4nc(-c5ccccc5/N=C/c5cc(I)ccc5O)sc4c3)cc2)cc1. The zero-order valence-corrected chi connectivity index (χ0v) is 26.8. The van der Waals surface area contributed by atoms with Gasteiger partial charge < -0.3 is 5.11 Å². The molecule has 214 valence electrons. The van der Waals surface area contributed by atoms with E-state index in [0.717, 1.165) is 63.4 Å². The van der Waals surface area contributed by atoms with Crippen LogP contribution in [0.5, 0.6) is 5.75 Å².